The fourth-order valence-electron chi connectivity index (χ4n) is 2.92. The number of carbonyl (C=O) groups is 1. The second kappa shape index (κ2) is 8.13. The minimum atomic E-state index is -0.299. The average Bonchev–Trinajstić information content (AvgIpc) is 3.03. The molecule has 1 fully saturated rings. The molecule has 8 nitrogen and oxygen atoms in total. The highest BCUT2D eigenvalue weighted by atomic mass is 79.9. The van der Waals surface area contributed by atoms with Gasteiger partial charge >= 0.3 is 5.97 Å². The lowest BCUT2D eigenvalue weighted by Crippen LogP contribution is -2.37. The molecule has 1 saturated heterocycles. The smallest absolute Gasteiger partial charge is 0.311 e. The van der Waals surface area contributed by atoms with Crippen molar-refractivity contribution in [2.45, 2.75) is 24.8 Å². The van der Waals surface area contributed by atoms with Crippen molar-refractivity contribution in [2.75, 3.05) is 20.3 Å². The van der Waals surface area contributed by atoms with Crippen molar-refractivity contribution < 1.29 is 19.0 Å². The molecule has 3 rings (SSSR count). The van der Waals surface area contributed by atoms with Crippen molar-refractivity contribution in [3.8, 4) is 17.1 Å². The lowest BCUT2D eigenvalue weighted by Gasteiger charge is -2.28. The van der Waals surface area contributed by atoms with Gasteiger partial charge in [0.05, 0.1) is 43.3 Å². The first-order chi connectivity index (χ1) is 12.5. The topological polar surface area (TPSA) is 88.4 Å². The highest BCUT2D eigenvalue weighted by Gasteiger charge is 2.30. The Morgan fingerprint density at radius 1 is 1.42 bits per heavy atom. The summed E-state index contributed by atoms with van der Waals surface area (Å²) in [6.07, 6.45) is 0.347. The average molecular weight is 425 g/mol. The Hall–Kier alpha value is -2.00. The summed E-state index contributed by atoms with van der Waals surface area (Å²) in [6, 6.07) is 3.73. The van der Waals surface area contributed by atoms with Crippen molar-refractivity contribution in [1.29, 1.82) is 0 Å². The van der Waals surface area contributed by atoms with Gasteiger partial charge in [0.25, 0.3) is 0 Å². The van der Waals surface area contributed by atoms with Crippen molar-refractivity contribution >= 4 is 21.9 Å². The number of pyridine rings is 1. The zero-order chi connectivity index (χ0) is 18.7. The summed E-state index contributed by atoms with van der Waals surface area (Å²) in [5.41, 5.74) is 3.18. The lowest BCUT2D eigenvalue weighted by atomic mass is 10.0. The Morgan fingerprint density at radius 2 is 2.23 bits per heavy atom. The molecule has 0 unspecified atom stereocenters. The van der Waals surface area contributed by atoms with Crippen molar-refractivity contribution in [1.82, 2.24) is 20.0 Å². The monoisotopic (exact) mass is 424 g/mol. The van der Waals surface area contributed by atoms with Crippen LogP contribution in [-0.2, 0) is 26.6 Å². The van der Waals surface area contributed by atoms with E-state index in [4.69, 9.17) is 14.2 Å². The van der Waals surface area contributed by atoms with E-state index in [-0.39, 0.29) is 18.0 Å². The first-order valence-electron chi connectivity index (χ1n) is 8.28. The van der Waals surface area contributed by atoms with Gasteiger partial charge in [0.1, 0.15) is 17.5 Å². The van der Waals surface area contributed by atoms with E-state index in [1.54, 1.807) is 4.68 Å². The largest absolute Gasteiger partial charge is 0.486 e. The first kappa shape index (κ1) is 18.8. The normalized spacial score (nSPS) is 20.0. The molecule has 2 aromatic rings. The van der Waals surface area contributed by atoms with E-state index in [1.807, 2.05) is 26.1 Å². The maximum absolute atomic E-state index is 11.7. The molecule has 0 spiro atoms. The fraction of sp³-hybridized carbons (Fsp3) is 0.529. The first-order valence-corrected chi connectivity index (χ1v) is 9.40. The van der Waals surface area contributed by atoms with Crippen LogP contribution in [0.2, 0.25) is 0 Å². The summed E-state index contributed by atoms with van der Waals surface area (Å²) in [7, 11) is 3.23. The molecule has 2 aromatic heterocycles. The number of ether oxygens (including phenoxy) is 3. The van der Waals surface area contributed by atoms with Crippen LogP contribution >= 0.6 is 15.9 Å². The van der Waals surface area contributed by atoms with E-state index in [0.717, 1.165) is 22.8 Å². The molecule has 1 aliphatic rings. The highest BCUT2D eigenvalue weighted by Crippen LogP contribution is 2.27. The van der Waals surface area contributed by atoms with Crippen LogP contribution in [-0.4, -0.2) is 52.4 Å². The van der Waals surface area contributed by atoms with Gasteiger partial charge in [0.15, 0.2) is 0 Å². The number of nitrogens with zero attached hydrogens (tertiary/aromatic N) is 4. The number of hydrogen-bond donors (Lipinski definition) is 0. The van der Waals surface area contributed by atoms with Crippen LogP contribution in [0.3, 0.4) is 0 Å². The molecule has 0 amide bonds. The Bertz CT molecular complexity index is 795. The van der Waals surface area contributed by atoms with Crippen molar-refractivity contribution in [3.05, 3.63) is 23.5 Å². The van der Waals surface area contributed by atoms with Crippen LogP contribution in [0.25, 0.3) is 11.4 Å². The predicted molar refractivity (Wildman–Crippen MR) is 97.0 cm³/mol. The second-order valence-corrected chi connectivity index (χ2v) is 6.72. The van der Waals surface area contributed by atoms with Gasteiger partial charge < -0.3 is 14.2 Å². The number of alkyl halides is 1. The summed E-state index contributed by atoms with van der Waals surface area (Å²) in [4.78, 5) is 16.3. The number of carbonyl (C=O) groups excluding carboxylic acids is 1. The van der Waals surface area contributed by atoms with E-state index < -0.39 is 0 Å². The molecule has 140 valence electrons. The molecule has 9 heteroatoms. The summed E-state index contributed by atoms with van der Waals surface area (Å²) in [5, 5.41) is 8.88. The summed E-state index contributed by atoms with van der Waals surface area (Å²) in [5.74, 6) is 0.0953. The van der Waals surface area contributed by atoms with Gasteiger partial charge in [-0.1, -0.05) is 21.1 Å². The summed E-state index contributed by atoms with van der Waals surface area (Å²) >= 11 is 3.45. The molecule has 0 radical (unpaired) electrons. The number of aryl methyl sites for hydroxylation is 2. The second-order valence-electron chi connectivity index (χ2n) is 6.16. The van der Waals surface area contributed by atoms with Gasteiger partial charge in [-0.3, -0.25) is 9.48 Å². The quantitative estimate of drug-likeness (QED) is 0.535. The molecular weight excluding hydrogens is 404 g/mol. The predicted octanol–water partition coefficient (Wildman–Crippen LogP) is 2.04. The number of aromatic nitrogens is 4. The molecule has 0 saturated carbocycles. The van der Waals surface area contributed by atoms with Crippen LogP contribution in [0.1, 0.15) is 17.8 Å². The zero-order valence-corrected chi connectivity index (χ0v) is 16.5. The third-order valence-electron chi connectivity index (χ3n) is 4.35. The molecule has 0 N–H and O–H groups in total. The van der Waals surface area contributed by atoms with Gasteiger partial charge in [-0.05, 0) is 19.1 Å². The summed E-state index contributed by atoms with van der Waals surface area (Å²) in [6.45, 7) is 2.68. The van der Waals surface area contributed by atoms with E-state index >= 15 is 0 Å². The molecule has 0 bridgehead atoms. The number of esters is 1. The van der Waals surface area contributed by atoms with E-state index in [0.29, 0.717) is 30.7 Å². The Morgan fingerprint density at radius 3 is 2.92 bits per heavy atom. The SMILES string of the molecule is COC(=O)[C@@H]1COC[C@@H](Oc2ccc(-c3nnn(C)c3CBr)nc2C)C1. The fourth-order valence-corrected chi connectivity index (χ4v) is 3.55. The van der Waals surface area contributed by atoms with Crippen LogP contribution in [0.15, 0.2) is 12.1 Å². The van der Waals surface area contributed by atoms with Crippen LogP contribution < -0.4 is 4.74 Å². The number of halogens is 1. The summed E-state index contributed by atoms with van der Waals surface area (Å²) < 4.78 is 18.0. The molecular formula is C17H21BrN4O4. The van der Waals surface area contributed by atoms with E-state index in [9.17, 15) is 4.79 Å². The van der Waals surface area contributed by atoms with Gasteiger partial charge in [0, 0.05) is 18.8 Å². The Kier molecular flexibility index (Phi) is 5.87. The standard InChI is InChI=1S/C17H21BrN4O4/c1-10-15(26-12-6-11(8-25-9-12)17(23)24-3)5-4-13(19-10)16-14(7-18)22(2)21-20-16/h4-5,11-12H,6-9H2,1-3H3/t11-,12-/m0/s1. The maximum atomic E-state index is 11.7. The van der Waals surface area contributed by atoms with Crippen LogP contribution in [0.5, 0.6) is 5.75 Å². The minimum absolute atomic E-state index is 0.214. The van der Waals surface area contributed by atoms with E-state index in [2.05, 4.69) is 31.2 Å². The van der Waals surface area contributed by atoms with Gasteiger partial charge in [-0.25, -0.2) is 4.98 Å². The maximum Gasteiger partial charge on any atom is 0.311 e. The molecule has 1 aliphatic heterocycles. The molecule has 0 aromatic carbocycles. The number of rotatable bonds is 5. The molecule has 2 atom stereocenters. The third kappa shape index (κ3) is 3.88. The number of methoxy groups -OCH3 is 1. The van der Waals surface area contributed by atoms with Crippen LogP contribution in [0, 0.1) is 12.8 Å². The molecule has 26 heavy (non-hydrogen) atoms. The van der Waals surface area contributed by atoms with Crippen molar-refractivity contribution in [2.24, 2.45) is 13.0 Å². The Labute approximate surface area is 160 Å². The zero-order valence-electron chi connectivity index (χ0n) is 14.9. The Balaban J connectivity index is 1.75. The van der Waals surface area contributed by atoms with Crippen molar-refractivity contribution in [3.63, 3.8) is 0 Å². The number of hydrogen-bond acceptors (Lipinski definition) is 7. The third-order valence-corrected chi connectivity index (χ3v) is 4.88. The molecule has 0 aliphatic carbocycles. The minimum Gasteiger partial charge on any atom is -0.486 e. The lowest BCUT2D eigenvalue weighted by molar-refractivity contribution is -0.152. The van der Waals surface area contributed by atoms with Gasteiger partial charge in [-0.15, -0.1) is 5.10 Å². The van der Waals surface area contributed by atoms with Gasteiger partial charge in [0.2, 0.25) is 0 Å². The van der Waals surface area contributed by atoms with Crippen LogP contribution in [0.4, 0.5) is 0 Å². The molecule has 3 heterocycles. The van der Waals surface area contributed by atoms with E-state index in [1.165, 1.54) is 7.11 Å². The van der Waals surface area contributed by atoms with Gasteiger partial charge in [-0.2, -0.15) is 0 Å². The highest BCUT2D eigenvalue weighted by molar-refractivity contribution is 9.08.